The molecule has 4 unspecified atom stereocenters. The molecule has 0 aromatic heterocycles. The Kier molecular flexibility index (Phi) is 2.76. The first kappa shape index (κ1) is 13.7. The molecule has 5 fully saturated rings. The van der Waals surface area contributed by atoms with Crippen LogP contribution in [0.4, 0.5) is 0 Å². The summed E-state index contributed by atoms with van der Waals surface area (Å²) in [5.41, 5.74) is 0.901. The van der Waals surface area contributed by atoms with Gasteiger partial charge in [0.1, 0.15) is 0 Å². The van der Waals surface area contributed by atoms with E-state index < -0.39 is 0 Å². The molecule has 1 N–H and O–H groups in total. The molecule has 5 aliphatic rings. The van der Waals surface area contributed by atoms with Crippen molar-refractivity contribution in [2.45, 2.75) is 81.8 Å². The lowest BCUT2D eigenvalue weighted by atomic mass is 9.45. The summed E-state index contributed by atoms with van der Waals surface area (Å²) in [4.78, 5) is 0. The van der Waals surface area contributed by atoms with Crippen molar-refractivity contribution in [2.24, 2.45) is 34.5 Å². The summed E-state index contributed by atoms with van der Waals surface area (Å²) in [5.74, 6) is 3.75. The van der Waals surface area contributed by atoms with Crippen molar-refractivity contribution >= 4 is 11.8 Å². The summed E-state index contributed by atoms with van der Waals surface area (Å²) in [6.07, 6.45) is 11.1. The van der Waals surface area contributed by atoms with Gasteiger partial charge in [0.05, 0.1) is 6.10 Å². The summed E-state index contributed by atoms with van der Waals surface area (Å²) in [6.45, 7) is 5.07. The first-order valence-electron chi connectivity index (χ1n) is 9.36. The maximum absolute atomic E-state index is 10.5. The van der Waals surface area contributed by atoms with E-state index >= 15 is 0 Å². The standard InChI is InChI=1S/C19H30OS/c1-18-8-7-14-12(13(18)5-6-17(18)20)4-3-11-9-15-16(21-15)10-19(11,14)2/h11-17,20H,3-10H2,1-2H3/t11?,12-,13-,14-,15?,16?,17?,18-,19-/m0/s1. The highest BCUT2D eigenvalue weighted by molar-refractivity contribution is 8.07. The third-order valence-corrected chi connectivity index (χ3v) is 10.3. The van der Waals surface area contributed by atoms with Crippen molar-refractivity contribution < 1.29 is 5.11 Å². The second kappa shape index (κ2) is 4.23. The molecule has 1 aliphatic heterocycles. The van der Waals surface area contributed by atoms with Crippen LogP contribution in [0.2, 0.25) is 0 Å². The Morgan fingerprint density at radius 3 is 2.57 bits per heavy atom. The van der Waals surface area contributed by atoms with Gasteiger partial charge < -0.3 is 5.11 Å². The van der Waals surface area contributed by atoms with E-state index in [1.165, 1.54) is 44.9 Å². The van der Waals surface area contributed by atoms with Gasteiger partial charge in [0, 0.05) is 10.5 Å². The van der Waals surface area contributed by atoms with Crippen LogP contribution in [0.15, 0.2) is 0 Å². The maximum atomic E-state index is 10.5. The molecule has 1 saturated heterocycles. The molecule has 0 aromatic rings. The molecule has 4 aliphatic carbocycles. The van der Waals surface area contributed by atoms with Gasteiger partial charge in [-0.2, -0.15) is 11.8 Å². The van der Waals surface area contributed by atoms with Gasteiger partial charge in [0.2, 0.25) is 0 Å². The second-order valence-corrected chi connectivity index (χ2v) is 10.9. The molecule has 0 bridgehead atoms. The van der Waals surface area contributed by atoms with E-state index in [1.54, 1.807) is 0 Å². The summed E-state index contributed by atoms with van der Waals surface area (Å²) >= 11 is 2.28. The molecule has 9 atom stereocenters. The van der Waals surface area contributed by atoms with Gasteiger partial charge in [0.15, 0.2) is 0 Å². The van der Waals surface area contributed by atoms with E-state index in [9.17, 15) is 5.11 Å². The minimum absolute atomic E-state index is 0.0105. The van der Waals surface area contributed by atoms with Gasteiger partial charge in [-0.15, -0.1) is 0 Å². The van der Waals surface area contributed by atoms with Crippen molar-refractivity contribution in [1.29, 1.82) is 0 Å². The number of aliphatic hydroxyl groups is 1. The Hall–Kier alpha value is 0.310. The lowest BCUT2D eigenvalue weighted by molar-refractivity contribution is -0.116. The number of hydrogen-bond donors (Lipinski definition) is 1. The minimum Gasteiger partial charge on any atom is -0.393 e. The van der Waals surface area contributed by atoms with Crippen molar-refractivity contribution in [1.82, 2.24) is 0 Å². The Morgan fingerprint density at radius 1 is 0.905 bits per heavy atom. The fourth-order valence-corrected chi connectivity index (χ4v) is 8.86. The SMILES string of the molecule is C[C@]12CC3SC3CC1CC[C@@H]1[C@@H]2CC[C@]2(C)C(O)CC[C@@H]12. The predicted octanol–water partition coefficient (Wildman–Crippen LogP) is 4.48. The molecule has 21 heavy (non-hydrogen) atoms. The summed E-state index contributed by atoms with van der Waals surface area (Å²) in [5, 5.41) is 12.6. The molecule has 1 heterocycles. The van der Waals surface area contributed by atoms with Crippen LogP contribution >= 0.6 is 11.8 Å². The zero-order valence-electron chi connectivity index (χ0n) is 13.6. The number of hydrogen-bond acceptors (Lipinski definition) is 2. The van der Waals surface area contributed by atoms with Gasteiger partial charge in [-0.3, -0.25) is 0 Å². The third kappa shape index (κ3) is 1.70. The highest BCUT2D eigenvalue weighted by Gasteiger charge is 2.63. The molecule has 0 aromatic carbocycles. The number of thioether (sulfide) groups is 1. The van der Waals surface area contributed by atoms with Crippen molar-refractivity contribution in [2.75, 3.05) is 0 Å². The van der Waals surface area contributed by atoms with Gasteiger partial charge in [-0.1, -0.05) is 13.8 Å². The Morgan fingerprint density at radius 2 is 1.71 bits per heavy atom. The fraction of sp³-hybridized carbons (Fsp3) is 1.00. The van der Waals surface area contributed by atoms with Gasteiger partial charge >= 0.3 is 0 Å². The van der Waals surface area contributed by atoms with Gasteiger partial charge in [0.25, 0.3) is 0 Å². The number of fused-ring (bicyclic) bond motifs is 6. The molecule has 5 rings (SSSR count). The molecule has 1 nitrogen and oxygen atoms in total. The topological polar surface area (TPSA) is 20.2 Å². The summed E-state index contributed by atoms with van der Waals surface area (Å²) < 4.78 is 0. The van der Waals surface area contributed by atoms with E-state index in [0.29, 0.717) is 5.41 Å². The van der Waals surface area contributed by atoms with Crippen LogP contribution in [-0.2, 0) is 0 Å². The first-order valence-corrected chi connectivity index (χ1v) is 10.3. The van der Waals surface area contributed by atoms with Crippen molar-refractivity contribution in [3.8, 4) is 0 Å². The van der Waals surface area contributed by atoms with Gasteiger partial charge in [-0.05, 0) is 85.9 Å². The largest absolute Gasteiger partial charge is 0.393 e. The predicted molar refractivity (Wildman–Crippen MR) is 88.3 cm³/mol. The zero-order valence-corrected chi connectivity index (χ0v) is 14.4. The fourth-order valence-electron chi connectivity index (χ4n) is 7.49. The minimum atomic E-state index is -0.0105. The zero-order chi connectivity index (χ0) is 14.4. The number of rotatable bonds is 0. The van der Waals surface area contributed by atoms with Crippen LogP contribution in [-0.4, -0.2) is 21.7 Å². The van der Waals surface area contributed by atoms with Crippen LogP contribution in [0.1, 0.15) is 65.2 Å². The van der Waals surface area contributed by atoms with Gasteiger partial charge in [-0.25, -0.2) is 0 Å². The highest BCUT2D eigenvalue weighted by atomic mass is 32.2. The number of aliphatic hydroxyl groups excluding tert-OH is 1. The second-order valence-electron chi connectivity index (χ2n) is 9.45. The Bertz CT molecular complexity index is 464. The smallest absolute Gasteiger partial charge is 0.0596 e. The molecule has 0 radical (unpaired) electrons. The molecular weight excluding hydrogens is 276 g/mol. The summed E-state index contributed by atoms with van der Waals surface area (Å²) in [7, 11) is 0. The van der Waals surface area contributed by atoms with E-state index in [2.05, 4.69) is 25.6 Å². The maximum Gasteiger partial charge on any atom is 0.0596 e. The molecule has 2 heteroatoms. The van der Waals surface area contributed by atoms with Crippen LogP contribution in [0.3, 0.4) is 0 Å². The van der Waals surface area contributed by atoms with E-state index in [0.717, 1.165) is 40.6 Å². The lowest BCUT2D eigenvalue weighted by Gasteiger charge is -2.60. The molecule has 118 valence electrons. The van der Waals surface area contributed by atoms with E-state index in [-0.39, 0.29) is 11.5 Å². The Balaban J connectivity index is 1.47. The van der Waals surface area contributed by atoms with E-state index in [1.807, 2.05) is 0 Å². The third-order valence-electron chi connectivity index (χ3n) is 8.86. The first-order chi connectivity index (χ1) is 10.0. The normalized spacial score (nSPS) is 65.0. The monoisotopic (exact) mass is 306 g/mol. The average Bonchev–Trinajstić information content (AvgIpc) is 3.12. The van der Waals surface area contributed by atoms with Crippen molar-refractivity contribution in [3.63, 3.8) is 0 Å². The van der Waals surface area contributed by atoms with Crippen LogP contribution < -0.4 is 0 Å². The molecule has 0 amide bonds. The Labute approximate surface area is 133 Å². The molecular formula is C19H30OS. The average molecular weight is 307 g/mol. The highest BCUT2D eigenvalue weighted by Crippen LogP contribution is 2.70. The lowest BCUT2D eigenvalue weighted by Crippen LogP contribution is -2.54. The van der Waals surface area contributed by atoms with Crippen molar-refractivity contribution in [3.05, 3.63) is 0 Å². The van der Waals surface area contributed by atoms with Crippen LogP contribution in [0.25, 0.3) is 0 Å². The summed E-state index contributed by atoms with van der Waals surface area (Å²) in [6, 6.07) is 0. The van der Waals surface area contributed by atoms with Crippen LogP contribution in [0, 0.1) is 34.5 Å². The quantitative estimate of drug-likeness (QED) is 0.666. The molecule has 0 spiro atoms. The van der Waals surface area contributed by atoms with Crippen LogP contribution in [0.5, 0.6) is 0 Å². The van der Waals surface area contributed by atoms with E-state index in [4.69, 9.17) is 0 Å². The molecule has 4 saturated carbocycles.